The Morgan fingerprint density at radius 3 is 2.78 bits per heavy atom. The molecule has 0 bridgehead atoms. The summed E-state index contributed by atoms with van der Waals surface area (Å²) >= 11 is 1.72. The smallest absolute Gasteiger partial charge is 0.114 e. The fraction of sp³-hybridized carbons (Fsp3) is 0.286. The molecule has 0 saturated carbocycles. The zero-order valence-corrected chi connectivity index (χ0v) is 11.4. The molecule has 0 amide bonds. The van der Waals surface area contributed by atoms with E-state index in [1.54, 1.807) is 30.4 Å². The van der Waals surface area contributed by atoms with Gasteiger partial charge in [-0.25, -0.2) is 4.98 Å². The fourth-order valence-electron chi connectivity index (χ4n) is 1.84. The van der Waals surface area contributed by atoms with Crippen LogP contribution in [0.4, 0.5) is 0 Å². The number of rotatable bonds is 5. The second-order valence-corrected chi connectivity index (χ2v) is 5.09. The highest BCUT2D eigenvalue weighted by molar-refractivity contribution is 7.99. The average molecular weight is 259 g/mol. The third kappa shape index (κ3) is 3.31. The normalized spacial score (nSPS) is 12.3. The van der Waals surface area contributed by atoms with Gasteiger partial charge < -0.3 is 5.32 Å². The lowest BCUT2D eigenvalue weighted by Crippen LogP contribution is -2.19. The molecule has 1 heterocycles. The Morgan fingerprint density at radius 1 is 1.28 bits per heavy atom. The first-order chi connectivity index (χ1) is 8.81. The van der Waals surface area contributed by atoms with Crippen LogP contribution < -0.4 is 5.32 Å². The summed E-state index contributed by atoms with van der Waals surface area (Å²) in [5.41, 5.74) is 2.66. The SMILES string of the molecule is CNC(CSc1cnccn1)c1ccccc1C. The van der Waals surface area contributed by atoms with Crippen LogP contribution in [-0.2, 0) is 0 Å². The van der Waals surface area contributed by atoms with Crippen molar-refractivity contribution in [3.05, 3.63) is 54.0 Å². The molecule has 0 aliphatic carbocycles. The number of benzene rings is 1. The third-order valence-corrected chi connectivity index (χ3v) is 3.86. The van der Waals surface area contributed by atoms with Crippen LogP contribution in [0.3, 0.4) is 0 Å². The molecule has 1 aromatic heterocycles. The van der Waals surface area contributed by atoms with Gasteiger partial charge >= 0.3 is 0 Å². The fourth-order valence-corrected chi connectivity index (χ4v) is 2.79. The number of thioether (sulfide) groups is 1. The van der Waals surface area contributed by atoms with Crippen LogP contribution in [-0.4, -0.2) is 22.8 Å². The Labute approximate surface area is 112 Å². The molecular formula is C14H17N3S. The van der Waals surface area contributed by atoms with Crippen molar-refractivity contribution in [2.24, 2.45) is 0 Å². The molecule has 0 spiro atoms. The van der Waals surface area contributed by atoms with Gasteiger partial charge in [0, 0.05) is 24.2 Å². The number of aromatic nitrogens is 2. The number of nitrogens with one attached hydrogen (secondary N) is 1. The van der Waals surface area contributed by atoms with Crippen molar-refractivity contribution < 1.29 is 0 Å². The van der Waals surface area contributed by atoms with E-state index in [1.807, 2.05) is 7.05 Å². The average Bonchev–Trinajstić information content (AvgIpc) is 2.42. The highest BCUT2D eigenvalue weighted by Crippen LogP contribution is 2.24. The summed E-state index contributed by atoms with van der Waals surface area (Å²) in [5.74, 6) is 0.944. The largest absolute Gasteiger partial charge is 0.312 e. The molecule has 0 aliphatic heterocycles. The molecule has 0 saturated heterocycles. The van der Waals surface area contributed by atoms with Crippen molar-refractivity contribution in [2.75, 3.05) is 12.8 Å². The minimum Gasteiger partial charge on any atom is -0.312 e. The Hall–Kier alpha value is -1.39. The molecule has 4 heteroatoms. The molecule has 3 nitrogen and oxygen atoms in total. The Bertz CT molecular complexity index is 487. The summed E-state index contributed by atoms with van der Waals surface area (Å²) in [5, 5.41) is 4.32. The van der Waals surface area contributed by atoms with Gasteiger partial charge in [0.25, 0.3) is 0 Å². The summed E-state index contributed by atoms with van der Waals surface area (Å²) in [6.07, 6.45) is 5.22. The molecule has 0 fully saturated rings. The lowest BCUT2D eigenvalue weighted by molar-refractivity contribution is 0.657. The van der Waals surface area contributed by atoms with E-state index in [2.05, 4.69) is 46.5 Å². The number of hydrogen-bond donors (Lipinski definition) is 1. The molecule has 2 aromatic rings. The number of aryl methyl sites for hydroxylation is 1. The van der Waals surface area contributed by atoms with Crippen molar-refractivity contribution in [1.29, 1.82) is 0 Å². The van der Waals surface area contributed by atoms with Crippen LogP contribution in [0.1, 0.15) is 17.2 Å². The highest BCUT2D eigenvalue weighted by atomic mass is 32.2. The Morgan fingerprint density at radius 2 is 2.11 bits per heavy atom. The first kappa shape index (κ1) is 13.1. The molecule has 0 aliphatic rings. The second-order valence-electron chi connectivity index (χ2n) is 4.05. The minimum absolute atomic E-state index is 0.332. The molecule has 1 atom stereocenters. The van der Waals surface area contributed by atoms with Crippen molar-refractivity contribution in [3.63, 3.8) is 0 Å². The second kappa shape index (κ2) is 6.52. The Kier molecular flexibility index (Phi) is 4.73. The molecule has 1 N–H and O–H groups in total. The molecule has 1 unspecified atom stereocenters. The molecule has 2 rings (SSSR count). The van der Waals surface area contributed by atoms with Crippen LogP contribution in [0.5, 0.6) is 0 Å². The first-order valence-corrected chi connectivity index (χ1v) is 6.91. The summed E-state index contributed by atoms with van der Waals surface area (Å²) in [7, 11) is 1.99. The predicted octanol–water partition coefficient (Wildman–Crippen LogP) is 2.84. The third-order valence-electron chi connectivity index (χ3n) is 2.85. The van der Waals surface area contributed by atoms with E-state index in [4.69, 9.17) is 0 Å². The van der Waals surface area contributed by atoms with Gasteiger partial charge in [0.1, 0.15) is 5.03 Å². The summed E-state index contributed by atoms with van der Waals surface area (Å²) in [6.45, 7) is 2.15. The van der Waals surface area contributed by atoms with Crippen molar-refractivity contribution in [1.82, 2.24) is 15.3 Å². The summed E-state index contributed by atoms with van der Waals surface area (Å²) < 4.78 is 0. The van der Waals surface area contributed by atoms with Crippen molar-refractivity contribution in [2.45, 2.75) is 18.0 Å². The molecular weight excluding hydrogens is 242 g/mol. The van der Waals surface area contributed by atoms with Gasteiger partial charge in [-0.15, -0.1) is 11.8 Å². The summed E-state index contributed by atoms with van der Waals surface area (Å²) in [6, 6.07) is 8.81. The quantitative estimate of drug-likeness (QED) is 0.838. The maximum absolute atomic E-state index is 4.27. The van der Waals surface area contributed by atoms with E-state index in [-0.39, 0.29) is 0 Å². The van der Waals surface area contributed by atoms with E-state index in [1.165, 1.54) is 11.1 Å². The predicted molar refractivity (Wildman–Crippen MR) is 75.7 cm³/mol. The van der Waals surface area contributed by atoms with E-state index in [0.29, 0.717) is 6.04 Å². The van der Waals surface area contributed by atoms with Gasteiger partial charge in [-0.2, -0.15) is 0 Å². The number of nitrogens with zero attached hydrogens (tertiary/aromatic N) is 2. The van der Waals surface area contributed by atoms with Gasteiger partial charge in [0.15, 0.2) is 0 Å². The van der Waals surface area contributed by atoms with E-state index >= 15 is 0 Å². The van der Waals surface area contributed by atoms with Crippen molar-refractivity contribution in [3.8, 4) is 0 Å². The number of hydrogen-bond acceptors (Lipinski definition) is 4. The highest BCUT2D eigenvalue weighted by Gasteiger charge is 2.11. The standard InChI is InChI=1S/C14H17N3S/c1-11-5-3-4-6-12(11)13(15-2)10-18-14-9-16-7-8-17-14/h3-9,13,15H,10H2,1-2H3. The van der Waals surface area contributed by atoms with Crippen LogP contribution in [0.25, 0.3) is 0 Å². The molecule has 0 radical (unpaired) electrons. The van der Waals surface area contributed by atoms with Gasteiger partial charge in [0.2, 0.25) is 0 Å². The van der Waals surface area contributed by atoms with Crippen molar-refractivity contribution >= 4 is 11.8 Å². The van der Waals surface area contributed by atoms with Gasteiger partial charge in [-0.05, 0) is 25.1 Å². The zero-order chi connectivity index (χ0) is 12.8. The van der Waals surface area contributed by atoms with Gasteiger partial charge in [-0.3, -0.25) is 4.98 Å². The molecule has 1 aromatic carbocycles. The van der Waals surface area contributed by atoms with E-state index < -0.39 is 0 Å². The van der Waals surface area contributed by atoms with Crippen LogP contribution >= 0.6 is 11.8 Å². The first-order valence-electron chi connectivity index (χ1n) is 5.93. The minimum atomic E-state index is 0.332. The lowest BCUT2D eigenvalue weighted by Gasteiger charge is -2.18. The van der Waals surface area contributed by atoms with E-state index in [0.717, 1.165) is 10.8 Å². The lowest BCUT2D eigenvalue weighted by atomic mass is 10.0. The Balaban J connectivity index is 2.04. The topological polar surface area (TPSA) is 37.8 Å². The monoisotopic (exact) mass is 259 g/mol. The summed E-state index contributed by atoms with van der Waals surface area (Å²) in [4.78, 5) is 8.35. The van der Waals surface area contributed by atoms with Gasteiger partial charge in [-0.1, -0.05) is 24.3 Å². The van der Waals surface area contributed by atoms with Crippen LogP contribution in [0.15, 0.2) is 47.9 Å². The molecule has 94 valence electrons. The zero-order valence-electron chi connectivity index (χ0n) is 10.6. The van der Waals surface area contributed by atoms with Crippen LogP contribution in [0.2, 0.25) is 0 Å². The molecule has 18 heavy (non-hydrogen) atoms. The van der Waals surface area contributed by atoms with Crippen LogP contribution in [0, 0.1) is 6.92 Å². The maximum atomic E-state index is 4.27. The van der Waals surface area contributed by atoms with E-state index in [9.17, 15) is 0 Å². The van der Waals surface area contributed by atoms with Gasteiger partial charge in [0.05, 0.1) is 6.20 Å². The maximum Gasteiger partial charge on any atom is 0.114 e.